The quantitative estimate of drug-likeness (QED) is 0.107. The molecule has 0 aliphatic carbocycles. The molecule has 0 spiro atoms. The summed E-state index contributed by atoms with van der Waals surface area (Å²) in [5.74, 6) is 0.209. The van der Waals surface area contributed by atoms with Gasteiger partial charge in [-0.3, -0.25) is 14.6 Å². The van der Waals surface area contributed by atoms with E-state index in [-0.39, 0.29) is 23.9 Å². The molecule has 0 radical (unpaired) electrons. The van der Waals surface area contributed by atoms with Crippen molar-refractivity contribution in [2.24, 2.45) is 0 Å². The predicted octanol–water partition coefficient (Wildman–Crippen LogP) is 7.69. The van der Waals surface area contributed by atoms with Gasteiger partial charge in [0, 0.05) is 36.7 Å². The second-order valence-electron chi connectivity index (χ2n) is 15.5. The molecule has 2 aliphatic rings. The van der Waals surface area contributed by atoms with Crippen LogP contribution in [0, 0.1) is 0 Å². The Morgan fingerprint density at radius 1 is 0.645 bits per heavy atom. The lowest BCUT2D eigenvalue weighted by Gasteiger charge is -2.29. The fourth-order valence-electron chi connectivity index (χ4n) is 8.68. The molecule has 314 valence electrons. The predicted molar refractivity (Wildman–Crippen MR) is 231 cm³/mol. The number of carbonyl (C=O) groups excluding carboxylic acids is 4. The smallest absolute Gasteiger partial charge is 0.407 e. The summed E-state index contributed by atoms with van der Waals surface area (Å²) >= 11 is 0. The Morgan fingerprint density at radius 3 is 1.84 bits per heavy atom. The zero-order valence-corrected chi connectivity index (χ0v) is 34.2. The van der Waals surface area contributed by atoms with Gasteiger partial charge in [-0.2, -0.15) is 0 Å². The molecule has 15 nitrogen and oxygen atoms in total. The number of pyridine rings is 2. The molecule has 4 amide bonds. The number of hydrogen-bond donors (Lipinski definition) is 4. The molecule has 2 saturated heterocycles. The van der Waals surface area contributed by atoms with Crippen LogP contribution in [0.5, 0.6) is 0 Å². The Kier molecular flexibility index (Phi) is 11.1. The fourth-order valence-corrected chi connectivity index (χ4v) is 8.68. The number of aromatic nitrogens is 5. The van der Waals surface area contributed by atoms with Crippen molar-refractivity contribution < 1.29 is 28.7 Å². The number of imidazole rings is 1. The Balaban J connectivity index is 0.910. The van der Waals surface area contributed by atoms with Gasteiger partial charge in [-0.1, -0.05) is 84.9 Å². The summed E-state index contributed by atoms with van der Waals surface area (Å²) in [6.07, 6.45) is 5.39. The number of methoxy groups -OCH3 is 2. The molecule has 2 fully saturated rings. The molecule has 3 aromatic carbocycles. The number of carbonyl (C=O) groups is 4. The molecule has 2 aliphatic heterocycles. The number of alkyl carbamates (subject to hydrolysis) is 2. The number of rotatable bonds is 10. The average Bonchev–Trinajstić information content (AvgIpc) is 4.16. The summed E-state index contributed by atoms with van der Waals surface area (Å²) in [5.41, 5.74) is 8.98. The first-order chi connectivity index (χ1) is 30.3. The number of amides is 4. The monoisotopic (exact) mass is 831 g/mol. The average molecular weight is 832 g/mol. The van der Waals surface area contributed by atoms with Gasteiger partial charge in [0.25, 0.3) is 5.91 Å². The molecule has 0 saturated carbocycles. The van der Waals surface area contributed by atoms with Crippen LogP contribution in [0.25, 0.3) is 44.6 Å². The van der Waals surface area contributed by atoms with Crippen LogP contribution in [-0.4, -0.2) is 86.0 Å². The van der Waals surface area contributed by atoms with E-state index >= 15 is 0 Å². The van der Waals surface area contributed by atoms with Crippen LogP contribution in [0.1, 0.15) is 72.4 Å². The Hall–Kier alpha value is -7.55. The lowest BCUT2D eigenvalue weighted by Crippen LogP contribution is -2.42. The highest BCUT2D eigenvalue weighted by Crippen LogP contribution is 2.37. The van der Waals surface area contributed by atoms with Gasteiger partial charge < -0.3 is 39.9 Å². The summed E-state index contributed by atoms with van der Waals surface area (Å²) in [6.45, 7) is 1.09. The Bertz CT molecular complexity index is 2650. The second kappa shape index (κ2) is 17.2. The van der Waals surface area contributed by atoms with E-state index in [0.717, 1.165) is 63.8 Å². The normalized spacial score (nSPS) is 17.2. The van der Waals surface area contributed by atoms with Crippen molar-refractivity contribution in [2.75, 3.05) is 27.3 Å². The van der Waals surface area contributed by atoms with Crippen LogP contribution in [-0.2, 0) is 19.1 Å². The van der Waals surface area contributed by atoms with E-state index in [1.54, 1.807) is 11.1 Å². The summed E-state index contributed by atoms with van der Waals surface area (Å²) in [5, 5.41) is 5.44. The topological polar surface area (TPSA) is 188 Å². The minimum atomic E-state index is -0.905. The van der Waals surface area contributed by atoms with Crippen molar-refractivity contribution in [3.8, 4) is 22.4 Å². The SMILES string of the molecule is COC(=O)NC(C(=O)N1CCCC1c1cnc2cc(-c3ccc(-c4cnc5nc(C6CCCN6C(=O)C(NC(=O)OC)c6ccccc6)[nH]c5c4)cc3)[nH]c2c1)c1ccccc1. The van der Waals surface area contributed by atoms with Gasteiger partial charge in [0.2, 0.25) is 5.91 Å². The molecular formula is C47H45N9O6. The number of H-pyrrole nitrogens is 2. The van der Waals surface area contributed by atoms with Crippen LogP contribution >= 0.6 is 0 Å². The Labute approximate surface area is 356 Å². The van der Waals surface area contributed by atoms with Crippen LogP contribution in [0.3, 0.4) is 0 Å². The maximum atomic E-state index is 14.0. The first-order valence-corrected chi connectivity index (χ1v) is 20.6. The number of fused-ring (bicyclic) bond motifs is 2. The highest BCUT2D eigenvalue weighted by molar-refractivity contribution is 5.89. The van der Waals surface area contributed by atoms with Crippen LogP contribution in [0.4, 0.5) is 9.59 Å². The maximum absolute atomic E-state index is 14.0. The third-order valence-electron chi connectivity index (χ3n) is 11.8. The van der Waals surface area contributed by atoms with Gasteiger partial charge in [0.05, 0.1) is 42.9 Å². The number of likely N-dealkylation sites (tertiary alicyclic amines) is 2. The summed E-state index contributed by atoms with van der Waals surface area (Å²) in [4.78, 5) is 77.4. The molecule has 4 aromatic heterocycles. The van der Waals surface area contributed by atoms with E-state index in [0.29, 0.717) is 42.1 Å². The zero-order valence-electron chi connectivity index (χ0n) is 34.2. The molecule has 6 heterocycles. The van der Waals surface area contributed by atoms with Crippen molar-refractivity contribution in [2.45, 2.75) is 49.9 Å². The highest BCUT2D eigenvalue weighted by Gasteiger charge is 2.38. The highest BCUT2D eigenvalue weighted by atomic mass is 16.5. The molecule has 62 heavy (non-hydrogen) atoms. The van der Waals surface area contributed by atoms with Gasteiger partial charge in [0.15, 0.2) is 5.65 Å². The second-order valence-corrected chi connectivity index (χ2v) is 15.5. The fraction of sp³-hybridized carbons (Fsp3) is 0.255. The largest absolute Gasteiger partial charge is 0.453 e. The molecule has 9 rings (SSSR count). The van der Waals surface area contributed by atoms with E-state index in [1.165, 1.54) is 14.2 Å². The van der Waals surface area contributed by atoms with Gasteiger partial charge in [0.1, 0.15) is 17.9 Å². The molecule has 4 N–H and O–H groups in total. The third-order valence-corrected chi connectivity index (χ3v) is 11.8. The maximum Gasteiger partial charge on any atom is 0.407 e. The number of hydrogen-bond acceptors (Lipinski definition) is 9. The molecule has 15 heteroatoms. The first kappa shape index (κ1) is 39.9. The van der Waals surface area contributed by atoms with Gasteiger partial charge in [-0.15, -0.1) is 0 Å². The minimum absolute atomic E-state index is 0.199. The lowest BCUT2D eigenvalue weighted by atomic mass is 10.0. The summed E-state index contributed by atoms with van der Waals surface area (Å²) < 4.78 is 9.68. The Morgan fingerprint density at radius 2 is 1.23 bits per heavy atom. The summed E-state index contributed by atoms with van der Waals surface area (Å²) in [6, 6.07) is 30.3. The van der Waals surface area contributed by atoms with Crippen molar-refractivity contribution in [1.82, 2.24) is 45.4 Å². The first-order valence-electron chi connectivity index (χ1n) is 20.6. The number of aromatic amines is 2. The third kappa shape index (κ3) is 7.91. The van der Waals surface area contributed by atoms with Crippen molar-refractivity contribution in [3.63, 3.8) is 0 Å². The molecule has 7 aromatic rings. The number of nitrogens with zero attached hydrogens (tertiary/aromatic N) is 5. The zero-order chi connectivity index (χ0) is 42.7. The molecule has 4 atom stereocenters. The molecule has 4 unspecified atom stereocenters. The number of ether oxygens (including phenoxy) is 2. The molecule has 0 bridgehead atoms. The van der Waals surface area contributed by atoms with Crippen LogP contribution < -0.4 is 10.6 Å². The van der Waals surface area contributed by atoms with E-state index < -0.39 is 24.3 Å². The van der Waals surface area contributed by atoms with Crippen molar-refractivity contribution in [1.29, 1.82) is 0 Å². The standard InChI is InChI=1S/C47H45N9O6/c1-61-46(59)52-40(30-11-5-3-6-12-30)44(57)55-21-9-15-38(55)33-24-36-35(48-27-33)25-34(50-36)29-19-17-28(18-20-29)32-23-37-42(49-26-32)54-43(51-37)39-16-10-22-56(39)45(58)41(53-47(60)62-2)31-13-7-4-8-14-31/h3-8,11-14,17-20,23-27,38-41,50H,9-10,15-16,21-22H2,1-2H3,(H,52,59)(H,53,60)(H,49,51,54). The van der Waals surface area contributed by atoms with E-state index in [9.17, 15) is 19.2 Å². The number of benzene rings is 3. The van der Waals surface area contributed by atoms with Gasteiger partial charge in [-0.25, -0.2) is 19.6 Å². The van der Waals surface area contributed by atoms with E-state index in [1.807, 2.05) is 108 Å². The van der Waals surface area contributed by atoms with Crippen molar-refractivity contribution in [3.05, 3.63) is 138 Å². The van der Waals surface area contributed by atoms with Crippen molar-refractivity contribution >= 4 is 46.2 Å². The van der Waals surface area contributed by atoms with Crippen LogP contribution in [0.15, 0.2) is 116 Å². The van der Waals surface area contributed by atoms with Crippen LogP contribution in [0.2, 0.25) is 0 Å². The van der Waals surface area contributed by atoms with E-state index in [2.05, 4.69) is 31.7 Å². The minimum Gasteiger partial charge on any atom is -0.453 e. The van der Waals surface area contributed by atoms with E-state index in [4.69, 9.17) is 19.4 Å². The summed E-state index contributed by atoms with van der Waals surface area (Å²) in [7, 11) is 2.56. The molecular weight excluding hydrogens is 787 g/mol. The van der Waals surface area contributed by atoms with Gasteiger partial charge >= 0.3 is 12.2 Å². The number of nitrogens with one attached hydrogen (secondary N) is 4. The lowest BCUT2D eigenvalue weighted by molar-refractivity contribution is -0.135. The van der Waals surface area contributed by atoms with Gasteiger partial charge in [-0.05, 0) is 71.7 Å².